The Bertz CT molecular complexity index is 4180. The molecule has 0 saturated heterocycles. The molecule has 2 atom stereocenters. The Kier molecular flexibility index (Phi) is 20.5. The summed E-state index contributed by atoms with van der Waals surface area (Å²) in [5.74, 6) is -0.0801. The molecule has 0 unspecified atom stereocenters. The Hall–Kier alpha value is -9.72. The zero-order chi connectivity index (χ0) is 64.5. The van der Waals surface area contributed by atoms with Crippen LogP contribution in [0, 0.1) is 27.7 Å². The van der Waals surface area contributed by atoms with Gasteiger partial charge in [-0.15, -0.1) is 0 Å². The molecule has 13 nitrogen and oxygen atoms in total. The number of carboxylic acid groups (broad SMARTS) is 1. The molecule has 0 radical (unpaired) electrons. The van der Waals surface area contributed by atoms with Crippen LogP contribution in [0.1, 0.15) is 154 Å². The topological polar surface area (TPSA) is 173 Å². The van der Waals surface area contributed by atoms with Crippen molar-refractivity contribution < 1.29 is 43.2 Å². The first-order valence-electron chi connectivity index (χ1n) is 29.8. The third kappa shape index (κ3) is 16.1. The van der Waals surface area contributed by atoms with Crippen molar-refractivity contribution in [2.75, 3.05) is 14.2 Å². The molecule has 1 amide bonds. The lowest BCUT2D eigenvalue weighted by atomic mass is 9.98. The number of nitrogens with one attached hydrogen (secondary N) is 1. The van der Waals surface area contributed by atoms with E-state index in [-0.39, 0.29) is 29.9 Å². The molecule has 0 aliphatic rings. The number of methoxy groups -OCH3 is 2. The standard InChI is InChI=1S/C38H40N2O4.C29H29NO4.C9H13NO/c1-24-26(3)40(23-27-15-17-28(18-16-27)32-13-8-9-14-33(32)37(42)44-38(4,5)6)35-20-19-30(22-34(24)35)36(41)39-25(2)29-11-10-12-31(21-29)43-7;1-18-19(2)30(26-15-14-22(27(31)32)16-25(18)26)17-20-10-12-21(13-11-20)23-8-6-7-9-24(23)28(33)34-29(3,4)5;1-7(10)8-4-3-5-9(6-8)11-2/h8-22,25H,23H2,1-7H3,(H,39,41);6-16H,17H2,1-5H3,(H,31,32);3-7H,10H2,1-2H3/t25-;;7-/m0.0/s1. The van der Waals surface area contributed by atoms with Crippen molar-refractivity contribution in [1.82, 2.24) is 14.5 Å². The molecule has 10 rings (SSSR count). The molecular weight excluding hydrogens is 1110 g/mol. The largest absolute Gasteiger partial charge is 0.497 e. The van der Waals surface area contributed by atoms with Gasteiger partial charge in [-0.1, -0.05) is 109 Å². The summed E-state index contributed by atoms with van der Waals surface area (Å²) in [6.07, 6.45) is 0. The van der Waals surface area contributed by atoms with Crippen molar-refractivity contribution in [1.29, 1.82) is 0 Å². The van der Waals surface area contributed by atoms with Gasteiger partial charge in [-0.25, -0.2) is 14.4 Å². The number of carbonyl (C=O) groups excluding carboxylic acids is 3. The molecule has 0 bridgehead atoms. The Morgan fingerprint density at radius 3 is 1.33 bits per heavy atom. The molecule has 460 valence electrons. The molecule has 10 aromatic rings. The summed E-state index contributed by atoms with van der Waals surface area (Å²) in [7, 11) is 3.29. The first-order chi connectivity index (χ1) is 42.2. The van der Waals surface area contributed by atoms with Gasteiger partial charge in [-0.2, -0.15) is 0 Å². The van der Waals surface area contributed by atoms with Gasteiger partial charge >= 0.3 is 17.9 Å². The quantitative estimate of drug-likeness (QED) is 0.0839. The summed E-state index contributed by atoms with van der Waals surface area (Å²) >= 11 is 0. The molecule has 13 heteroatoms. The van der Waals surface area contributed by atoms with E-state index in [2.05, 4.69) is 71.6 Å². The number of carboxylic acids is 1. The van der Waals surface area contributed by atoms with Crippen molar-refractivity contribution in [2.24, 2.45) is 5.73 Å². The summed E-state index contributed by atoms with van der Waals surface area (Å²) in [5, 5.41) is 14.5. The average Bonchev–Trinajstić information content (AvgIpc) is 1.70. The molecule has 0 aliphatic carbocycles. The number of hydrogen-bond acceptors (Lipinski definition) is 9. The van der Waals surface area contributed by atoms with Crippen LogP contribution in [0.5, 0.6) is 11.5 Å². The molecule has 2 aromatic heterocycles. The van der Waals surface area contributed by atoms with E-state index in [0.717, 1.165) is 100 Å². The van der Waals surface area contributed by atoms with Gasteiger partial charge < -0.3 is 44.2 Å². The normalized spacial score (nSPS) is 12.0. The maximum absolute atomic E-state index is 13.2. The van der Waals surface area contributed by atoms with Gasteiger partial charge in [0.25, 0.3) is 5.91 Å². The maximum atomic E-state index is 13.2. The van der Waals surface area contributed by atoms with E-state index in [1.807, 2.05) is 190 Å². The molecule has 0 aliphatic heterocycles. The van der Waals surface area contributed by atoms with E-state index in [1.165, 1.54) is 0 Å². The van der Waals surface area contributed by atoms with Gasteiger partial charge in [-0.3, -0.25) is 4.79 Å². The zero-order valence-corrected chi connectivity index (χ0v) is 53.6. The van der Waals surface area contributed by atoms with Crippen molar-refractivity contribution >= 4 is 45.6 Å². The number of hydrogen-bond donors (Lipinski definition) is 3. The number of rotatable bonds is 15. The number of nitrogens with two attached hydrogens (primary N) is 1. The maximum Gasteiger partial charge on any atom is 0.339 e. The smallest absolute Gasteiger partial charge is 0.339 e. The van der Waals surface area contributed by atoms with Crippen LogP contribution in [-0.4, -0.2) is 63.5 Å². The fourth-order valence-electron chi connectivity index (χ4n) is 10.6. The summed E-state index contributed by atoms with van der Waals surface area (Å²) < 4.78 is 26.1. The highest BCUT2D eigenvalue weighted by atomic mass is 16.6. The van der Waals surface area contributed by atoms with Gasteiger partial charge in [0.1, 0.15) is 22.7 Å². The Morgan fingerprint density at radius 1 is 0.506 bits per heavy atom. The first-order valence-corrected chi connectivity index (χ1v) is 29.8. The lowest BCUT2D eigenvalue weighted by molar-refractivity contribution is 0.00578. The monoisotopic (exact) mass is 1190 g/mol. The van der Waals surface area contributed by atoms with E-state index in [9.17, 15) is 24.3 Å². The SMILES string of the molecule is COc1cccc([C@H](C)N)c1.COc1cccc([C@H](C)NC(=O)c2ccc3c(c2)c(C)c(C)n3Cc2ccc(-c3ccccc3C(=O)OC(C)(C)C)cc2)c1.Cc1c(C)n(Cc2ccc(-c3ccccc3C(=O)OC(C)(C)C)cc2)c2ccc(C(=O)O)cc12. The van der Waals surface area contributed by atoms with E-state index >= 15 is 0 Å². The van der Waals surface area contributed by atoms with Gasteiger partial charge in [0.2, 0.25) is 0 Å². The predicted octanol–water partition coefficient (Wildman–Crippen LogP) is 16.8. The van der Waals surface area contributed by atoms with Crippen molar-refractivity contribution in [3.8, 4) is 33.8 Å². The second-order valence-electron chi connectivity index (χ2n) is 24.4. The Labute approximate surface area is 523 Å². The Morgan fingerprint density at radius 2 is 0.910 bits per heavy atom. The van der Waals surface area contributed by atoms with Crippen LogP contribution in [0.15, 0.2) is 182 Å². The zero-order valence-electron chi connectivity index (χ0n) is 53.6. The van der Waals surface area contributed by atoms with Gasteiger partial charge in [0.15, 0.2) is 0 Å². The number of aromatic nitrogens is 2. The number of amides is 1. The van der Waals surface area contributed by atoms with Gasteiger partial charge in [0, 0.05) is 57.9 Å². The van der Waals surface area contributed by atoms with Crippen LogP contribution < -0.4 is 20.5 Å². The molecule has 0 fully saturated rings. The van der Waals surface area contributed by atoms with Gasteiger partial charge in [-0.05, 0) is 212 Å². The van der Waals surface area contributed by atoms with Crippen LogP contribution >= 0.6 is 0 Å². The minimum absolute atomic E-state index is 0.0742. The van der Waals surface area contributed by atoms with E-state index in [0.29, 0.717) is 35.3 Å². The molecule has 8 aromatic carbocycles. The average molecular weight is 1200 g/mol. The van der Waals surface area contributed by atoms with Gasteiger partial charge in [0.05, 0.1) is 37.0 Å². The first kappa shape index (κ1) is 65.3. The third-order valence-corrected chi connectivity index (χ3v) is 15.7. The van der Waals surface area contributed by atoms with Crippen LogP contribution in [0.4, 0.5) is 0 Å². The number of ether oxygens (including phenoxy) is 4. The summed E-state index contributed by atoms with van der Waals surface area (Å²) in [4.78, 5) is 50.2. The van der Waals surface area contributed by atoms with Crippen LogP contribution in [-0.2, 0) is 22.6 Å². The molecule has 89 heavy (non-hydrogen) atoms. The molecule has 4 N–H and O–H groups in total. The fourth-order valence-corrected chi connectivity index (χ4v) is 10.6. The number of fused-ring (bicyclic) bond motifs is 2. The second kappa shape index (κ2) is 28.0. The lowest BCUT2D eigenvalue weighted by Crippen LogP contribution is -2.26. The fraction of sp³-hybridized carbons (Fsp3) is 0.263. The minimum Gasteiger partial charge on any atom is -0.497 e. The van der Waals surface area contributed by atoms with Crippen molar-refractivity contribution in [3.63, 3.8) is 0 Å². The number of aromatic carboxylic acids is 1. The number of benzene rings is 8. The number of aryl methyl sites for hydroxylation is 2. The minimum atomic E-state index is -0.922. The third-order valence-electron chi connectivity index (χ3n) is 15.7. The summed E-state index contributed by atoms with van der Waals surface area (Å²) in [6, 6.07) is 58.1. The Balaban J connectivity index is 0.000000201. The summed E-state index contributed by atoms with van der Waals surface area (Å²) in [6.45, 7) is 24.8. The molecule has 0 spiro atoms. The molecule has 2 heterocycles. The number of esters is 2. The van der Waals surface area contributed by atoms with Crippen LogP contribution in [0.2, 0.25) is 0 Å². The molecule has 0 saturated carbocycles. The van der Waals surface area contributed by atoms with Crippen molar-refractivity contribution in [3.05, 3.63) is 249 Å². The van der Waals surface area contributed by atoms with Crippen LogP contribution in [0.25, 0.3) is 44.1 Å². The number of carbonyl (C=O) groups is 4. The van der Waals surface area contributed by atoms with E-state index in [4.69, 9.17) is 24.7 Å². The van der Waals surface area contributed by atoms with Crippen molar-refractivity contribution in [2.45, 2.75) is 119 Å². The van der Waals surface area contributed by atoms with E-state index in [1.54, 1.807) is 32.4 Å². The highest BCUT2D eigenvalue weighted by molar-refractivity contribution is 6.00. The lowest BCUT2D eigenvalue weighted by Gasteiger charge is -2.20. The predicted molar refractivity (Wildman–Crippen MR) is 357 cm³/mol. The highest BCUT2D eigenvalue weighted by Gasteiger charge is 2.24. The molecular formula is C76H82N4O9. The van der Waals surface area contributed by atoms with E-state index < -0.39 is 17.2 Å². The number of nitrogens with zero attached hydrogens (tertiary/aromatic N) is 2. The highest BCUT2D eigenvalue weighted by Crippen LogP contribution is 2.33. The second-order valence-corrected chi connectivity index (χ2v) is 24.4. The van der Waals surface area contributed by atoms with Crippen LogP contribution in [0.3, 0.4) is 0 Å². The summed E-state index contributed by atoms with van der Waals surface area (Å²) in [5.41, 5.74) is 21.1.